The van der Waals surface area contributed by atoms with Gasteiger partial charge in [-0.3, -0.25) is 9.48 Å². The number of rotatable bonds is 2. The molecule has 0 saturated carbocycles. The summed E-state index contributed by atoms with van der Waals surface area (Å²) in [5, 5.41) is 4.34. The van der Waals surface area contributed by atoms with Gasteiger partial charge < -0.3 is 4.57 Å². The maximum Gasteiger partial charge on any atom is 0.164 e. The Morgan fingerprint density at radius 1 is 1.35 bits per heavy atom. The van der Waals surface area contributed by atoms with Gasteiger partial charge in [0.2, 0.25) is 0 Å². The number of ketones is 1. The number of carbonyl (C=O) groups excluding carboxylic acids is 1. The first-order chi connectivity index (χ1) is 8.22. The lowest BCUT2D eigenvalue weighted by atomic mass is 9.95. The van der Waals surface area contributed by atoms with Gasteiger partial charge in [0.1, 0.15) is 0 Å². The average molecular weight is 229 g/mol. The minimum absolute atomic E-state index is 0.283. The zero-order valence-corrected chi connectivity index (χ0v) is 9.89. The van der Waals surface area contributed by atoms with Gasteiger partial charge in [0.15, 0.2) is 5.78 Å². The maximum atomic E-state index is 11.7. The summed E-state index contributed by atoms with van der Waals surface area (Å²) in [5.41, 5.74) is 3.12. The number of aromatic nitrogens is 3. The van der Waals surface area contributed by atoms with Gasteiger partial charge in [-0.15, -0.1) is 0 Å². The molecule has 0 aromatic carbocycles. The summed E-state index contributed by atoms with van der Waals surface area (Å²) in [6.07, 6.45) is 8.69. The SMILES string of the molecule is Cn1ccc(Cn2cc3c(c2)C(=O)CCC3)n1. The molecule has 1 aliphatic rings. The lowest BCUT2D eigenvalue weighted by molar-refractivity contribution is 0.0973. The van der Waals surface area contributed by atoms with E-state index in [4.69, 9.17) is 0 Å². The van der Waals surface area contributed by atoms with Gasteiger partial charge in [0.05, 0.1) is 12.2 Å². The van der Waals surface area contributed by atoms with Gasteiger partial charge in [-0.1, -0.05) is 0 Å². The second-order valence-electron chi connectivity index (χ2n) is 4.63. The third-order valence-corrected chi connectivity index (χ3v) is 3.23. The molecule has 0 saturated heterocycles. The van der Waals surface area contributed by atoms with Crippen molar-refractivity contribution in [3.63, 3.8) is 0 Å². The predicted octanol–water partition coefficient (Wildman–Crippen LogP) is 1.79. The normalized spacial score (nSPS) is 15.0. The van der Waals surface area contributed by atoms with E-state index in [9.17, 15) is 4.79 Å². The molecular weight excluding hydrogens is 214 g/mol. The molecule has 2 heterocycles. The van der Waals surface area contributed by atoms with Crippen LogP contribution in [0, 0.1) is 0 Å². The third-order valence-electron chi connectivity index (χ3n) is 3.23. The maximum absolute atomic E-state index is 11.7. The molecule has 0 N–H and O–H groups in total. The molecule has 2 aromatic rings. The molecule has 17 heavy (non-hydrogen) atoms. The highest BCUT2D eigenvalue weighted by molar-refractivity contribution is 5.98. The molecule has 4 heteroatoms. The average Bonchev–Trinajstić information content (AvgIpc) is 2.86. The zero-order valence-electron chi connectivity index (χ0n) is 9.89. The first-order valence-corrected chi connectivity index (χ1v) is 5.93. The predicted molar refractivity (Wildman–Crippen MR) is 64.0 cm³/mol. The van der Waals surface area contributed by atoms with Crippen molar-refractivity contribution in [1.82, 2.24) is 14.3 Å². The van der Waals surface area contributed by atoms with E-state index in [1.54, 1.807) is 4.68 Å². The van der Waals surface area contributed by atoms with Crippen molar-refractivity contribution < 1.29 is 4.79 Å². The van der Waals surface area contributed by atoms with E-state index in [1.165, 1.54) is 5.56 Å². The van der Waals surface area contributed by atoms with Crippen molar-refractivity contribution in [3.05, 3.63) is 41.5 Å². The first kappa shape index (κ1) is 10.3. The van der Waals surface area contributed by atoms with Crippen molar-refractivity contribution >= 4 is 5.78 Å². The zero-order chi connectivity index (χ0) is 11.8. The van der Waals surface area contributed by atoms with Gasteiger partial charge in [-0.05, 0) is 24.5 Å². The number of aryl methyl sites for hydroxylation is 2. The Balaban J connectivity index is 1.87. The Labute approximate surface area is 99.9 Å². The molecule has 0 aliphatic heterocycles. The first-order valence-electron chi connectivity index (χ1n) is 5.93. The van der Waals surface area contributed by atoms with Gasteiger partial charge in [-0.2, -0.15) is 5.10 Å². The highest BCUT2D eigenvalue weighted by Gasteiger charge is 2.19. The van der Waals surface area contributed by atoms with E-state index in [1.807, 2.05) is 25.5 Å². The largest absolute Gasteiger partial charge is 0.347 e. The molecule has 0 fully saturated rings. The van der Waals surface area contributed by atoms with Gasteiger partial charge in [-0.25, -0.2) is 0 Å². The van der Waals surface area contributed by atoms with Crippen molar-refractivity contribution in [2.45, 2.75) is 25.8 Å². The summed E-state index contributed by atoms with van der Waals surface area (Å²) in [4.78, 5) is 11.7. The summed E-state index contributed by atoms with van der Waals surface area (Å²) >= 11 is 0. The van der Waals surface area contributed by atoms with E-state index in [0.29, 0.717) is 6.42 Å². The van der Waals surface area contributed by atoms with E-state index >= 15 is 0 Å². The number of nitrogens with zero attached hydrogens (tertiary/aromatic N) is 3. The second-order valence-corrected chi connectivity index (χ2v) is 4.63. The van der Waals surface area contributed by atoms with E-state index in [2.05, 4.69) is 15.9 Å². The molecule has 4 nitrogen and oxygen atoms in total. The molecule has 0 atom stereocenters. The van der Waals surface area contributed by atoms with Crippen LogP contribution < -0.4 is 0 Å². The molecule has 0 bridgehead atoms. The summed E-state index contributed by atoms with van der Waals surface area (Å²) in [7, 11) is 1.91. The van der Waals surface area contributed by atoms with Crippen LogP contribution in [-0.2, 0) is 20.0 Å². The van der Waals surface area contributed by atoms with Crippen molar-refractivity contribution in [1.29, 1.82) is 0 Å². The Hall–Kier alpha value is -1.84. The summed E-state index contributed by atoms with van der Waals surface area (Å²) < 4.78 is 3.86. The van der Waals surface area contributed by atoms with Crippen molar-refractivity contribution in [3.8, 4) is 0 Å². The van der Waals surface area contributed by atoms with Crippen LogP contribution in [0.1, 0.15) is 34.5 Å². The monoisotopic (exact) mass is 229 g/mol. The van der Waals surface area contributed by atoms with Crippen LogP contribution in [0.4, 0.5) is 0 Å². The summed E-state index contributed by atoms with van der Waals surface area (Å²) in [6, 6.07) is 2.00. The Kier molecular flexibility index (Phi) is 2.35. The fourth-order valence-corrected chi connectivity index (χ4v) is 2.41. The highest BCUT2D eigenvalue weighted by Crippen LogP contribution is 2.22. The summed E-state index contributed by atoms with van der Waals surface area (Å²) in [6.45, 7) is 0.737. The fourth-order valence-electron chi connectivity index (χ4n) is 2.41. The molecule has 0 radical (unpaired) electrons. The number of carbonyl (C=O) groups is 1. The molecule has 88 valence electrons. The van der Waals surface area contributed by atoms with E-state index in [0.717, 1.165) is 30.6 Å². The van der Waals surface area contributed by atoms with Crippen LogP contribution in [0.25, 0.3) is 0 Å². The molecule has 1 aliphatic carbocycles. The molecule has 0 spiro atoms. The lowest BCUT2D eigenvalue weighted by Crippen LogP contribution is -2.07. The topological polar surface area (TPSA) is 39.8 Å². The van der Waals surface area contributed by atoms with Crippen LogP contribution in [0.15, 0.2) is 24.7 Å². The number of hydrogen-bond acceptors (Lipinski definition) is 2. The van der Waals surface area contributed by atoms with Crippen LogP contribution in [-0.4, -0.2) is 20.1 Å². The van der Waals surface area contributed by atoms with Crippen LogP contribution in [0.3, 0.4) is 0 Å². The lowest BCUT2D eigenvalue weighted by Gasteiger charge is -2.07. The molecule has 3 rings (SSSR count). The molecule has 0 amide bonds. The Morgan fingerprint density at radius 2 is 2.24 bits per heavy atom. The third kappa shape index (κ3) is 1.90. The van der Waals surface area contributed by atoms with Gasteiger partial charge in [0, 0.05) is 37.6 Å². The van der Waals surface area contributed by atoms with Gasteiger partial charge >= 0.3 is 0 Å². The molecular formula is C13H15N3O. The fraction of sp³-hybridized carbons (Fsp3) is 0.385. The number of hydrogen-bond donors (Lipinski definition) is 0. The van der Waals surface area contributed by atoms with Crippen molar-refractivity contribution in [2.75, 3.05) is 0 Å². The number of fused-ring (bicyclic) bond motifs is 1. The van der Waals surface area contributed by atoms with Crippen molar-refractivity contribution in [2.24, 2.45) is 7.05 Å². The quantitative estimate of drug-likeness (QED) is 0.787. The smallest absolute Gasteiger partial charge is 0.164 e. The number of Topliss-reactive ketones (excluding diaryl/α,β-unsaturated/α-hetero) is 1. The molecule has 0 unspecified atom stereocenters. The highest BCUT2D eigenvalue weighted by atomic mass is 16.1. The second kappa shape index (κ2) is 3.87. The van der Waals surface area contributed by atoms with Crippen LogP contribution in [0.2, 0.25) is 0 Å². The minimum atomic E-state index is 0.283. The Bertz CT molecular complexity index is 565. The molecule has 2 aromatic heterocycles. The standard InChI is InChI=1S/C13H15N3O/c1-15-6-5-11(14-15)8-16-7-10-3-2-4-13(17)12(10)9-16/h5-7,9H,2-4,8H2,1H3. The Morgan fingerprint density at radius 3 is 2.94 bits per heavy atom. The summed E-state index contributed by atoms with van der Waals surface area (Å²) in [5.74, 6) is 0.283. The van der Waals surface area contributed by atoms with Crippen LogP contribution >= 0.6 is 0 Å². The van der Waals surface area contributed by atoms with E-state index < -0.39 is 0 Å². The minimum Gasteiger partial charge on any atom is -0.347 e. The van der Waals surface area contributed by atoms with Gasteiger partial charge in [0.25, 0.3) is 0 Å². The van der Waals surface area contributed by atoms with Crippen LogP contribution in [0.5, 0.6) is 0 Å². The van der Waals surface area contributed by atoms with E-state index in [-0.39, 0.29) is 5.78 Å².